The molecule has 28 heavy (non-hydrogen) atoms. The fourth-order valence-corrected chi connectivity index (χ4v) is 2.93. The van der Waals surface area contributed by atoms with Crippen LogP contribution in [0.25, 0.3) is 16.7 Å². The van der Waals surface area contributed by atoms with Gasteiger partial charge >= 0.3 is 5.69 Å². The fourth-order valence-electron chi connectivity index (χ4n) is 2.93. The first-order valence-electron chi connectivity index (χ1n) is 8.71. The largest absolute Gasteiger partial charge is 0.508 e. The Labute approximate surface area is 159 Å². The molecule has 0 saturated carbocycles. The van der Waals surface area contributed by atoms with Crippen LogP contribution in [0, 0.1) is 0 Å². The van der Waals surface area contributed by atoms with Gasteiger partial charge < -0.3 is 10.4 Å². The zero-order valence-corrected chi connectivity index (χ0v) is 14.8. The molecule has 0 fully saturated rings. The third kappa shape index (κ3) is 3.48. The number of aromatic hydroxyl groups is 1. The monoisotopic (exact) mass is 375 g/mol. The molecule has 0 amide bonds. The van der Waals surface area contributed by atoms with Gasteiger partial charge in [0.1, 0.15) is 11.1 Å². The molecule has 0 aliphatic rings. The molecule has 0 unspecified atom stereocenters. The third-order valence-corrected chi connectivity index (χ3v) is 4.27. The lowest BCUT2D eigenvalue weighted by Crippen LogP contribution is -2.34. The number of phenolic OH excluding ortho intramolecular Hbond substituents is 1. The zero-order chi connectivity index (χ0) is 19.5. The van der Waals surface area contributed by atoms with Gasteiger partial charge in [0.25, 0.3) is 5.56 Å². The number of H-pyrrole nitrogens is 1. The smallest absolute Gasteiger partial charge is 0.334 e. The molecule has 4 rings (SSSR count). The molecule has 140 valence electrons. The Morgan fingerprint density at radius 3 is 2.68 bits per heavy atom. The number of para-hydroxylation sites is 1. The molecule has 0 radical (unpaired) electrons. The quantitative estimate of drug-likeness (QED) is 0.490. The molecule has 2 heterocycles. The van der Waals surface area contributed by atoms with E-state index in [4.69, 9.17) is 0 Å². The van der Waals surface area contributed by atoms with Crippen molar-refractivity contribution in [1.29, 1.82) is 0 Å². The van der Waals surface area contributed by atoms with Crippen LogP contribution in [0.15, 0.2) is 70.4 Å². The normalized spacial score (nSPS) is 10.9. The summed E-state index contributed by atoms with van der Waals surface area (Å²) in [7, 11) is 0. The highest BCUT2D eigenvalue weighted by Crippen LogP contribution is 2.12. The number of anilines is 1. The molecule has 8 heteroatoms. The molecule has 2 aromatic heterocycles. The fraction of sp³-hybridized carbons (Fsp3) is 0.100. The van der Waals surface area contributed by atoms with Crippen LogP contribution < -0.4 is 16.6 Å². The Morgan fingerprint density at radius 2 is 1.89 bits per heavy atom. The Morgan fingerprint density at radius 1 is 1.07 bits per heavy atom. The third-order valence-electron chi connectivity index (χ3n) is 4.27. The van der Waals surface area contributed by atoms with E-state index in [1.54, 1.807) is 42.5 Å². The van der Waals surface area contributed by atoms with Gasteiger partial charge in [-0.15, -0.1) is 0 Å². The Kier molecular flexibility index (Phi) is 4.59. The highest BCUT2D eigenvalue weighted by Gasteiger charge is 2.11. The summed E-state index contributed by atoms with van der Waals surface area (Å²) in [5.74, 6) is 0.520. The number of nitrogens with one attached hydrogen (secondary N) is 2. The van der Waals surface area contributed by atoms with Crippen molar-refractivity contribution in [3.63, 3.8) is 0 Å². The Bertz CT molecular complexity index is 1250. The molecule has 0 spiro atoms. The van der Waals surface area contributed by atoms with Crippen molar-refractivity contribution >= 4 is 17.0 Å². The van der Waals surface area contributed by atoms with Crippen LogP contribution in [0.1, 0.15) is 5.56 Å². The van der Waals surface area contributed by atoms with Crippen molar-refractivity contribution < 1.29 is 5.11 Å². The predicted molar refractivity (Wildman–Crippen MR) is 106 cm³/mol. The van der Waals surface area contributed by atoms with Gasteiger partial charge in [0, 0.05) is 12.7 Å². The van der Waals surface area contributed by atoms with E-state index in [1.807, 2.05) is 12.1 Å². The second-order valence-electron chi connectivity index (χ2n) is 6.21. The van der Waals surface area contributed by atoms with Crippen LogP contribution in [0.5, 0.6) is 5.75 Å². The number of aromatic amines is 1. The van der Waals surface area contributed by atoms with Crippen LogP contribution in [-0.2, 0) is 6.42 Å². The van der Waals surface area contributed by atoms with Gasteiger partial charge in [0.05, 0.1) is 5.69 Å². The van der Waals surface area contributed by atoms with Gasteiger partial charge in [-0.25, -0.2) is 14.3 Å². The lowest BCUT2D eigenvalue weighted by atomic mass is 10.1. The summed E-state index contributed by atoms with van der Waals surface area (Å²) in [6.45, 7) is 0.528. The first kappa shape index (κ1) is 17.5. The maximum absolute atomic E-state index is 12.7. The predicted octanol–water partition coefficient (Wildman–Crippen LogP) is 1.83. The van der Waals surface area contributed by atoms with E-state index >= 15 is 0 Å². The summed E-state index contributed by atoms with van der Waals surface area (Å²) in [4.78, 5) is 36.2. The highest BCUT2D eigenvalue weighted by atomic mass is 16.3. The molecular formula is C20H17N5O3. The van der Waals surface area contributed by atoms with Crippen molar-refractivity contribution in [2.24, 2.45) is 0 Å². The average molecular weight is 375 g/mol. The van der Waals surface area contributed by atoms with E-state index < -0.39 is 11.2 Å². The van der Waals surface area contributed by atoms with Crippen molar-refractivity contribution in [2.45, 2.75) is 6.42 Å². The Hall–Kier alpha value is -3.94. The van der Waals surface area contributed by atoms with Gasteiger partial charge in [0.2, 0.25) is 5.95 Å². The summed E-state index contributed by atoms with van der Waals surface area (Å²) in [6, 6.07) is 15.7. The molecule has 0 saturated heterocycles. The van der Waals surface area contributed by atoms with E-state index in [-0.39, 0.29) is 16.8 Å². The summed E-state index contributed by atoms with van der Waals surface area (Å²) in [5.41, 5.74) is 0.581. The SMILES string of the molecule is O=c1[nH]c2nc(NCCc3cccc(O)c3)ncc2c(=O)n1-c1ccccc1. The number of fused-ring (bicyclic) bond motifs is 1. The minimum absolute atomic E-state index is 0.178. The summed E-state index contributed by atoms with van der Waals surface area (Å²) < 4.78 is 1.06. The number of rotatable bonds is 5. The maximum atomic E-state index is 12.7. The molecule has 0 aliphatic heterocycles. The van der Waals surface area contributed by atoms with Crippen molar-refractivity contribution in [1.82, 2.24) is 19.5 Å². The van der Waals surface area contributed by atoms with Gasteiger partial charge in [0.15, 0.2) is 5.65 Å². The summed E-state index contributed by atoms with van der Waals surface area (Å²) in [6.07, 6.45) is 2.05. The number of benzene rings is 2. The summed E-state index contributed by atoms with van der Waals surface area (Å²) >= 11 is 0. The second-order valence-corrected chi connectivity index (χ2v) is 6.21. The van der Waals surface area contributed by atoms with E-state index in [0.717, 1.165) is 10.1 Å². The van der Waals surface area contributed by atoms with E-state index in [1.165, 1.54) is 6.20 Å². The lowest BCUT2D eigenvalue weighted by Gasteiger charge is -2.08. The molecule has 0 bridgehead atoms. The van der Waals surface area contributed by atoms with Gasteiger partial charge in [-0.1, -0.05) is 30.3 Å². The molecule has 4 aromatic rings. The topological polar surface area (TPSA) is 113 Å². The molecule has 3 N–H and O–H groups in total. The van der Waals surface area contributed by atoms with E-state index in [0.29, 0.717) is 24.6 Å². The second kappa shape index (κ2) is 7.36. The first-order chi connectivity index (χ1) is 13.6. The van der Waals surface area contributed by atoms with Crippen LogP contribution >= 0.6 is 0 Å². The molecule has 2 aromatic carbocycles. The van der Waals surface area contributed by atoms with Crippen molar-refractivity contribution in [3.8, 4) is 11.4 Å². The standard InChI is InChI=1S/C20H17N5O3/c26-15-8-4-5-13(11-15)9-10-21-19-22-12-16-17(23-19)24-20(28)25(18(16)27)14-6-2-1-3-7-14/h1-8,11-12,26H,9-10H2,(H2,21,22,23,24,28). The van der Waals surface area contributed by atoms with Gasteiger partial charge in [-0.3, -0.25) is 9.78 Å². The Balaban J connectivity index is 1.60. The first-order valence-corrected chi connectivity index (χ1v) is 8.71. The van der Waals surface area contributed by atoms with Crippen LogP contribution in [-0.4, -0.2) is 31.2 Å². The van der Waals surface area contributed by atoms with Crippen molar-refractivity contribution in [3.05, 3.63) is 87.2 Å². The van der Waals surface area contributed by atoms with Crippen LogP contribution in [0.4, 0.5) is 5.95 Å². The van der Waals surface area contributed by atoms with Crippen LogP contribution in [0.3, 0.4) is 0 Å². The number of aromatic nitrogens is 4. The minimum Gasteiger partial charge on any atom is -0.508 e. The number of hydrogen-bond acceptors (Lipinski definition) is 6. The molecular weight excluding hydrogens is 358 g/mol. The molecule has 8 nitrogen and oxygen atoms in total. The summed E-state index contributed by atoms with van der Waals surface area (Å²) in [5, 5.41) is 12.8. The number of phenols is 1. The lowest BCUT2D eigenvalue weighted by molar-refractivity contribution is 0.474. The number of nitrogens with zero attached hydrogens (tertiary/aromatic N) is 3. The highest BCUT2D eigenvalue weighted by molar-refractivity contribution is 5.73. The minimum atomic E-state index is -0.562. The number of hydrogen-bond donors (Lipinski definition) is 3. The molecule has 0 aliphatic carbocycles. The zero-order valence-electron chi connectivity index (χ0n) is 14.8. The van der Waals surface area contributed by atoms with Gasteiger partial charge in [-0.05, 0) is 36.2 Å². The maximum Gasteiger partial charge on any atom is 0.334 e. The van der Waals surface area contributed by atoms with Crippen molar-refractivity contribution in [2.75, 3.05) is 11.9 Å². The molecule has 0 atom stereocenters. The van der Waals surface area contributed by atoms with Gasteiger partial charge in [-0.2, -0.15) is 4.98 Å². The van der Waals surface area contributed by atoms with E-state index in [9.17, 15) is 14.7 Å². The van der Waals surface area contributed by atoms with Crippen LogP contribution in [0.2, 0.25) is 0 Å². The average Bonchev–Trinajstić information content (AvgIpc) is 2.69. The van der Waals surface area contributed by atoms with E-state index in [2.05, 4.69) is 20.3 Å².